The van der Waals surface area contributed by atoms with E-state index in [0.717, 1.165) is 32.5 Å². The van der Waals surface area contributed by atoms with E-state index in [0.29, 0.717) is 11.3 Å². The Hall–Kier alpha value is -0.740. The molecule has 21 heavy (non-hydrogen) atoms. The number of thioether (sulfide) groups is 1. The van der Waals surface area contributed by atoms with Crippen LogP contribution >= 0.6 is 11.8 Å². The smallest absolute Gasteiger partial charge is 0.129 e. The zero-order valence-corrected chi connectivity index (χ0v) is 14.7. The first-order valence-corrected chi connectivity index (χ1v) is 9.23. The van der Waals surface area contributed by atoms with Crippen molar-refractivity contribution in [2.75, 3.05) is 23.7 Å². The molecule has 2 rings (SSSR count). The summed E-state index contributed by atoms with van der Waals surface area (Å²) in [5.41, 5.74) is 2.60. The van der Waals surface area contributed by atoms with Gasteiger partial charge in [0, 0.05) is 42.4 Å². The van der Waals surface area contributed by atoms with E-state index < -0.39 is 0 Å². The second-order valence-corrected chi connectivity index (χ2v) is 7.78. The summed E-state index contributed by atoms with van der Waals surface area (Å²) in [4.78, 5) is 7.35. The van der Waals surface area contributed by atoms with E-state index in [1.165, 1.54) is 22.8 Å². The van der Waals surface area contributed by atoms with Gasteiger partial charge in [-0.1, -0.05) is 34.1 Å². The highest BCUT2D eigenvalue weighted by Crippen LogP contribution is 2.24. The molecule has 1 aliphatic heterocycles. The maximum atomic E-state index is 4.90. The van der Waals surface area contributed by atoms with Crippen molar-refractivity contribution >= 4 is 17.6 Å². The molecule has 2 heterocycles. The number of hydrogen-bond donors (Lipinski definition) is 1. The van der Waals surface area contributed by atoms with Gasteiger partial charge in [0.1, 0.15) is 5.82 Å². The molecule has 1 fully saturated rings. The van der Waals surface area contributed by atoms with Gasteiger partial charge in [-0.2, -0.15) is 11.8 Å². The minimum Gasteiger partial charge on any atom is -0.355 e. The van der Waals surface area contributed by atoms with Crippen molar-refractivity contribution in [3.63, 3.8) is 0 Å². The predicted molar refractivity (Wildman–Crippen MR) is 94.3 cm³/mol. The summed E-state index contributed by atoms with van der Waals surface area (Å²) < 4.78 is 0. The monoisotopic (exact) mass is 307 g/mol. The Morgan fingerprint density at radius 1 is 1.43 bits per heavy atom. The molecule has 1 unspecified atom stereocenters. The zero-order valence-electron chi connectivity index (χ0n) is 13.9. The van der Waals surface area contributed by atoms with Crippen molar-refractivity contribution in [3.8, 4) is 0 Å². The Labute approximate surface area is 133 Å². The zero-order chi connectivity index (χ0) is 15.2. The van der Waals surface area contributed by atoms with E-state index >= 15 is 0 Å². The lowest BCUT2D eigenvalue weighted by Gasteiger charge is -2.32. The van der Waals surface area contributed by atoms with E-state index in [4.69, 9.17) is 4.98 Å². The highest BCUT2D eigenvalue weighted by molar-refractivity contribution is 8.00. The number of aryl methyl sites for hydroxylation is 1. The summed E-state index contributed by atoms with van der Waals surface area (Å²) in [6, 6.07) is 5.06. The van der Waals surface area contributed by atoms with E-state index in [9.17, 15) is 0 Å². The van der Waals surface area contributed by atoms with E-state index in [2.05, 4.69) is 61.8 Å². The second kappa shape index (κ2) is 8.04. The maximum absolute atomic E-state index is 4.90. The third-order valence-corrected chi connectivity index (χ3v) is 4.85. The Balaban J connectivity index is 2.17. The lowest BCUT2D eigenvalue weighted by molar-refractivity contribution is 0.587. The first-order valence-electron chi connectivity index (χ1n) is 8.18. The molecule has 0 bridgehead atoms. The minimum absolute atomic E-state index is 0.516. The van der Waals surface area contributed by atoms with Crippen LogP contribution in [0.25, 0.3) is 0 Å². The summed E-state index contributed by atoms with van der Waals surface area (Å²) in [7, 11) is 0. The van der Waals surface area contributed by atoms with Gasteiger partial charge in [-0.15, -0.1) is 0 Å². The van der Waals surface area contributed by atoms with Crippen LogP contribution in [-0.2, 0) is 13.0 Å². The highest BCUT2D eigenvalue weighted by atomic mass is 32.2. The van der Waals surface area contributed by atoms with Gasteiger partial charge in [-0.05, 0) is 24.1 Å². The summed E-state index contributed by atoms with van der Waals surface area (Å²) >= 11 is 2.07. The van der Waals surface area contributed by atoms with Crippen LogP contribution in [-0.4, -0.2) is 35.1 Å². The van der Waals surface area contributed by atoms with Gasteiger partial charge in [0.2, 0.25) is 0 Å². The van der Waals surface area contributed by atoms with Crippen LogP contribution in [0.1, 0.15) is 45.4 Å². The Morgan fingerprint density at radius 2 is 2.24 bits per heavy atom. The van der Waals surface area contributed by atoms with Gasteiger partial charge in [-0.3, -0.25) is 0 Å². The molecular weight excluding hydrogens is 278 g/mol. The third-order valence-electron chi connectivity index (χ3n) is 3.71. The van der Waals surface area contributed by atoms with Crippen molar-refractivity contribution in [1.29, 1.82) is 0 Å². The molecule has 0 amide bonds. The summed E-state index contributed by atoms with van der Waals surface area (Å²) in [5.74, 6) is 2.38. The molecule has 3 nitrogen and oxygen atoms in total. The average molecular weight is 308 g/mol. The molecule has 1 atom stereocenters. The molecule has 1 N–H and O–H groups in total. The largest absolute Gasteiger partial charge is 0.355 e. The van der Waals surface area contributed by atoms with Crippen LogP contribution in [0.15, 0.2) is 12.1 Å². The molecule has 0 aliphatic carbocycles. The molecule has 0 aromatic carbocycles. The van der Waals surface area contributed by atoms with Crippen LogP contribution in [0, 0.1) is 0 Å². The SMILES string of the molecule is CCCc1cc(CNC(C)C)cc(N2CCSC(C)C2)n1. The van der Waals surface area contributed by atoms with Crippen LogP contribution in [0.2, 0.25) is 0 Å². The second-order valence-electron chi connectivity index (χ2n) is 6.24. The molecular formula is C17H29N3S. The third kappa shape index (κ3) is 5.19. The van der Waals surface area contributed by atoms with Crippen molar-refractivity contribution in [2.45, 2.75) is 58.4 Å². The average Bonchev–Trinajstić information content (AvgIpc) is 2.45. The molecule has 1 aliphatic rings. The Kier molecular flexibility index (Phi) is 6.37. The lowest BCUT2D eigenvalue weighted by Crippen LogP contribution is -2.37. The Bertz CT molecular complexity index is 448. The van der Waals surface area contributed by atoms with Gasteiger partial charge in [0.05, 0.1) is 0 Å². The number of anilines is 1. The summed E-state index contributed by atoms with van der Waals surface area (Å²) in [6.07, 6.45) is 2.22. The van der Waals surface area contributed by atoms with Crippen LogP contribution in [0.4, 0.5) is 5.82 Å². The van der Waals surface area contributed by atoms with E-state index in [1.807, 2.05) is 0 Å². The fourth-order valence-electron chi connectivity index (χ4n) is 2.63. The van der Waals surface area contributed by atoms with E-state index in [1.54, 1.807) is 0 Å². The van der Waals surface area contributed by atoms with Crippen molar-refractivity contribution in [3.05, 3.63) is 23.4 Å². The topological polar surface area (TPSA) is 28.2 Å². The molecule has 0 spiro atoms. The molecule has 1 saturated heterocycles. The molecule has 4 heteroatoms. The molecule has 0 saturated carbocycles. The summed E-state index contributed by atoms with van der Waals surface area (Å²) in [5, 5.41) is 4.22. The number of rotatable bonds is 6. The quantitative estimate of drug-likeness (QED) is 0.871. The molecule has 0 radical (unpaired) electrons. The van der Waals surface area contributed by atoms with Gasteiger partial charge in [-0.25, -0.2) is 4.98 Å². The minimum atomic E-state index is 0.516. The van der Waals surface area contributed by atoms with Crippen LogP contribution in [0.3, 0.4) is 0 Å². The maximum Gasteiger partial charge on any atom is 0.129 e. The Morgan fingerprint density at radius 3 is 2.90 bits per heavy atom. The van der Waals surface area contributed by atoms with Crippen LogP contribution in [0.5, 0.6) is 0 Å². The van der Waals surface area contributed by atoms with Crippen molar-refractivity contribution in [1.82, 2.24) is 10.3 Å². The molecule has 118 valence electrons. The highest BCUT2D eigenvalue weighted by Gasteiger charge is 2.18. The van der Waals surface area contributed by atoms with Crippen LogP contribution < -0.4 is 10.2 Å². The normalized spacial score (nSPS) is 19.3. The fraction of sp³-hybridized carbons (Fsp3) is 0.706. The molecule has 1 aromatic heterocycles. The van der Waals surface area contributed by atoms with Gasteiger partial charge in [0.15, 0.2) is 0 Å². The standard InChI is InChI=1S/C17H29N3S/c1-5-6-16-9-15(11-18-13(2)3)10-17(19-16)20-7-8-21-14(4)12-20/h9-10,13-14,18H,5-8,11-12H2,1-4H3. The summed E-state index contributed by atoms with van der Waals surface area (Å²) in [6.45, 7) is 12.1. The van der Waals surface area contributed by atoms with Gasteiger partial charge < -0.3 is 10.2 Å². The molecule has 1 aromatic rings. The number of aromatic nitrogens is 1. The number of pyridine rings is 1. The number of nitrogens with one attached hydrogen (secondary N) is 1. The number of hydrogen-bond acceptors (Lipinski definition) is 4. The first kappa shape index (κ1) is 16.6. The van der Waals surface area contributed by atoms with Crippen molar-refractivity contribution < 1.29 is 0 Å². The lowest BCUT2D eigenvalue weighted by atomic mass is 10.1. The van der Waals surface area contributed by atoms with E-state index in [-0.39, 0.29) is 0 Å². The van der Waals surface area contributed by atoms with Crippen molar-refractivity contribution in [2.24, 2.45) is 0 Å². The predicted octanol–water partition coefficient (Wildman–Crippen LogP) is 3.47. The first-order chi connectivity index (χ1) is 10.1. The number of nitrogens with zero attached hydrogens (tertiary/aromatic N) is 2. The fourth-order valence-corrected chi connectivity index (χ4v) is 3.64. The van der Waals surface area contributed by atoms with Gasteiger partial charge >= 0.3 is 0 Å². The van der Waals surface area contributed by atoms with Gasteiger partial charge in [0.25, 0.3) is 0 Å².